The number of ether oxygens (including phenoxy) is 1. The van der Waals surface area contributed by atoms with E-state index in [9.17, 15) is 9.59 Å². The number of carbonyl (C=O) groups is 2. The second kappa shape index (κ2) is 6.81. The van der Waals surface area contributed by atoms with Crippen molar-refractivity contribution in [3.05, 3.63) is 30.3 Å². The number of hydrogen-bond acceptors (Lipinski definition) is 4. The molecule has 5 heteroatoms. The van der Waals surface area contributed by atoms with Gasteiger partial charge in [-0.1, -0.05) is 18.2 Å². The van der Waals surface area contributed by atoms with Gasteiger partial charge in [0.25, 0.3) is 0 Å². The SMILES string of the molecule is CC(C)(C)OC(=O)[C@@H]1CCCN1C(=O)CNc1ccccc1. The first-order chi connectivity index (χ1) is 10.4. The monoisotopic (exact) mass is 304 g/mol. The quantitative estimate of drug-likeness (QED) is 0.868. The van der Waals surface area contributed by atoms with Gasteiger partial charge in [-0.05, 0) is 45.7 Å². The van der Waals surface area contributed by atoms with Crippen LogP contribution in [0, 0.1) is 0 Å². The van der Waals surface area contributed by atoms with Crippen LogP contribution in [0.4, 0.5) is 5.69 Å². The molecule has 1 heterocycles. The third-order valence-electron chi connectivity index (χ3n) is 3.47. The number of nitrogens with one attached hydrogen (secondary N) is 1. The number of anilines is 1. The van der Waals surface area contributed by atoms with Crippen molar-refractivity contribution in [3.63, 3.8) is 0 Å². The average molecular weight is 304 g/mol. The Morgan fingerprint density at radius 1 is 1.27 bits per heavy atom. The molecule has 1 aliphatic heterocycles. The smallest absolute Gasteiger partial charge is 0.329 e. The molecule has 0 bridgehead atoms. The Balaban J connectivity index is 1.92. The number of esters is 1. The molecule has 1 saturated heterocycles. The molecule has 1 fully saturated rings. The van der Waals surface area contributed by atoms with Crippen molar-refractivity contribution >= 4 is 17.6 Å². The number of hydrogen-bond donors (Lipinski definition) is 1. The summed E-state index contributed by atoms with van der Waals surface area (Å²) in [4.78, 5) is 26.2. The first-order valence-electron chi connectivity index (χ1n) is 7.68. The van der Waals surface area contributed by atoms with Crippen LogP contribution < -0.4 is 5.32 Å². The number of benzene rings is 1. The molecule has 1 aromatic rings. The standard InChI is InChI=1S/C17H24N2O3/c1-17(2,3)22-16(21)14-10-7-11-19(14)15(20)12-18-13-8-5-4-6-9-13/h4-6,8-9,14,18H,7,10-12H2,1-3H3/t14-/m0/s1. The van der Waals surface area contributed by atoms with E-state index in [1.165, 1.54) is 0 Å². The van der Waals surface area contributed by atoms with Gasteiger partial charge < -0.3 is 15.0 Å². The van der Waals surface area contributed by atoms with E-state index < -0.39 is 11.6 Å². The maximum atomic E-state index is 12.4. The molecule has 1 aliphatic rings. The van der Waals surface area contributed by atoms with Crippen molar-refractivity contribution in [1.29, 1.82) is 0 Å². The molecule has 5 nitrogen and oxygen atoms in total. The summed E-state index contributed by atoms with van der Waals surface area (Å²) >= 11 is 0. The molecule has 0 aromatic heterocycles. The number of carbonyl (C=O) groups excluding carboxylic acids is 2. The molecule has 0 spiro atoms. The second-order valence-corrected chi connectivity index (χ2v) is 6.50. The molecule has 0 saturated carbocycles. The Morgan fingerprint density at radius 3 is 2.59 bits per heavy atom. The number of rotatable bonds is 4. The van der Waals surface area contributed by atoms with Gasteiger partial charge in [0, 0.05) is 12.2 Å². The third kappa shape index (κ3) is 4.48. The van der Waals surface area contributed by atoms with Crippen LogP contribution in [0.15, 0.2) is 30.3 Å². The van der Waals surface area contributed by atoms with Crippen LogP contribution in [-0.4, -0.2) is 41.5 Å². The summed E-state index contributed by atoms with van der Waals surface area (Å²) < 4.78 is 5.41. The first-order valence-corrected chi connectivity index (χ1v) is 7.68. The lowest BCUT2D eigenvalue weighted by atomic mass is 10.1. The zero-order chi connectivity index (χ0) is 16.2. The highest BCUT2D eigenvalue weighted by Crippen LogP contribution is 2.21. The van der Waals surface area contributed by atoms with Crippen LogP contribution in [0.1, 0.15) is 33.6 Å². The van der Waals surface area contributed by atoms with Crippen LogP contribution >= 0.6 is 0 Å². The van der Waals surface area contributed by atoms with Gasteiger partial charge in [-0.3, -0.25) is 4.79 Å². The minimum absolute atomic E-state index is 0.0720. The van der Waals surface area contributed by atoms with Gasteiger partial charge in [-0.25, -0.2) is 4.79 Å². The van der Waals surface area contributed by atoms with Crippen molar-refractivity contribution < 1.29 is 14.3 Å². The highest BCUT2D eigenvalue weighted by Gasteiger charge is 2.36. The predicted molar refractivity (Wildman–Crippen MR) is 85.5 cm³/mol. The summed E-state index contributed by atoms with van der Waals surface area (Å²) in [5.74, 6) is -0.379. The highest BCUT2D eigenvalue weighted by molar-refractivity contribution is 5.87. The first kappa shape index (κ1) is 16.3. The van der Waals surface area contributed by atoms with Crippen molar-refractivity contribution in [2.75, 3.05) is 18.4 Å². The lowest BCUT2D eigenvalue weighted by Gasteiger charge is -2.27. The number of nitrogens with zero attached hydrogens (tertiary/aromatic N) is 1. The lowest BCUT2D eigenvalue weighted by molar-refractivity contribution is -0.162. The topological polar surface area (TPSA) is 58.6 Å². The van der Waals surface area contributed by atoms with Gasteiger partial charge >= 0.3 is 5.97 Å². The van der Waals surface area contributed by atoms with Gasteiger partial charge in [-0.15, -0.1) is 0 Å². The third-order valence-corrected chi connectivity index (χ3v) is 3.47. The molecular formula is C17H24N2O3. The number of para-hydroxylation sites is 1. The fraction of sp³-hybridized carbons (Fsp3) is 0.529. The van der Waals surface area contributed by atoms with Crippen LogP contribution in [0.3, 0.4) is 0 Å². The van der Waals surface area contributed by atoms with Crippen LogP contribution in [0.2, 0.25) is 0 Å². The Labute approximate surface area is 131 Å². The van der Waals surface area contributed by atoms with Crippen molar-refractivity contribution in [1.82, 2.24) is 4.90 Å². The van der Waals surface area contributed by atoms with Gasteiger partial charge in [-0.2, -0.15) is 0 Å². The van der Waals surface area contributed by atoms with Crippen molar-refractivity contribution in [2.24, 2.45) is 0 Å². The van der Waals surface area contributed by atoms with Gasteiger partial charge in [0.2, 0.25) is 5.91 Å². The van der Waals surface area contributed by atoms with E-state index in [-0.39, 0.29) is 18.4 Å². The highest BCUT2D eigenvalue weighted by atomic mass is 16.6. The van der Waals surface area contributed by atoms with E-state index in [2.05, 4.69) is 5.32 Å². The minimum Gasteiger partial charge on any atom is -0.458 e. The lowest BCUT2D eigenvalue weighted by Crippen LogP contribution is -2.45. The molecule has 1 atom stereocenters. The van der Waals surface area contributed by atoms with Crippen molar-refractivity contribution in [2.45, 2.75) is 45.3 Å². The van der Waals surface area contributed by atoms with Crippen LogP contribution in [0.5, 0.6) is 0 Å². The maximum absolute atomic E-state index is 12.4. The summed E-state index contributed by atoms with van der Waals surface area (Å²) in [7, 11) is 0. The van der Waals surface area contributed by atoms with E-state index in [1.54, 1.807) is 4.90 Å². The zero-order valence-electron chi connectivity index (χ0n) is 13.5. The summed E-state index contributed by atoms with van der Waals surface area (Å²) in [5, 5.41) is 3.09. The van der Waals surface area contributed by atoms with E-state index in [4.69, 9.17) is 4.74 Å². The largest absolute Gasteiger partial charge is 0.458 e. The summed E-state index contributed by atoms with van der Waals surface area (Å²) in [6, 6.07) is 9.10. The maximum Gasteiger partial charge on any atom is 0.329 e. The number of likely N-dealkylation sites (tertiary alicyclic amines) is 1. The van der Waals surface area contributed by atoms with Gasteiger partial charge in [0.1, 0.15) is 11.6 Å². The van der Waals surface area contributed by atoms with E-state index in [1.807, 2.05) is 51.1 Å². The minimum atomic E-state index is -0.531. The molecule has 0 aliphatic carbocycles. The summed E-state index contributed by atoms with van der Waals surface area (Å²) in [6.45, 7) is 6.30. The Bertz CT molecular complexity index is 522. The average Bonchev–Trinajstić information content (AvgIpc) is 2.93. The molecule has 0 unspecified atom stereocenters. The van der Waals surface area contributed by atoms with Crippen molar-refractivity contribution in [3.8, 4) is 0 Å². The molecular weight excluding hydrogens is 280 g/mol. The Kier molecular flexibility index (Phi) is 5.06. The predicted octanol–water partition coefficient (Wildman–Crippen LogP) is 2.43. The van der Waals surface area contributed by atoms with Gasteiger partial charge in [0.05, 0.1) is 6.54 Å². The summed E-state index contributed by atoms with van der Waals surface area (Å²) in [6.07, 6.45) is 1.51. The Hall–Kier alpha value is -2.04. The molecule has 1 N–H and O–H groups in total. The summed E-state index contributed by atoms with van der Waals surface area (Å²) in [5.41, 5.74) is 0.361. The Morgan fingerprint density at radius 2 is 1.95 bits per heavy atom. The molecule has 0 radical (unpaired) electrons. The molecule has 1 amide bonds. The fourth-order valence-corrected chi connectivity index (χ4v) is 2.52. The molecule has 22 heavy (non-hydrogen) atoms. The van der Waals surface area contributed by atoms with E-state index in [0.29, 0.717) is 13.0 Å². The van der Waals surface area contributed by atoms with Gasteiger partial charge in [0.15, 0.2) is 0 Å². The van der Waals surface area contributed by atoms with E-state index in [0.717, 1.165) is 12.1 Å². The van der Waals surface area contributed by atoms with E-state index >= 15 is 0 Å². The normalized spacial score (nSPS) is 18.1. The molecule has 1 aromatic carbocycles. The zero-order valence-corrected chi connectivity index (χ0v) is 13.5. The van der Waals surface area contributed by atoms with Crippen LogP contribution in [-0.2, 0) is 14.3 Å². The van der Waals surface area contributed by atoms with Crippen LogP contribution in [0.25, 0.3) is 0 Å². The second-order valence-electron chi connectivity index (χ2n) is 6.50. The number of amides is 1. The fourth-order valence-electron chi connectivity index (χ4n) is 2.52. The molecule has 2 rings (SSSR count). The molecule has 120 valence electrons.